The number of anilines is 1. The molecule has 0 amide bonds. The van der Waals surface area contributed by atoms with Crippen LogP contribution in [-0.2, 0) is 6.54 Å². The van der Waals surface area contributed by atoms with Crippen LogP contribution in [0, 0.1) is 0 Å². The number of hydrogen-bond acceptors (Lipinski definition) is 4. The van der Waals surface area contributed by atoms with Gasteiger partial charge < -0.3 is 20.4 Å². The summed E-state index contributed by atoms with van der Waals surface area (Å²) in [4.78, 5) is 2.44. The predicted octanol–water partition coefficient (Wildman–Crippen LogP) is 1.51. The molecule has 1 aliphatic heterocycles. The number of nitrogens with zero attached hydrogens (tertiary/aromatic N) is 1. The van der Waals surface area contributed by atoms with Crippen molar-refractivity contribution in [3.63, 3.8) is 0 Å². The molecular weight excluding hydrogens is 252 g/mol. The Morgan fingerprint density at radius 1 is 1.05 bits per heavy atom. The van der Waals surface area contributed by atoms with E-state index in [2.05, 4.69) is 34.5 Å². The van der Waals surface area contributed by atoms with Crippen LogP contribution in [0.1, 0.15) is 31.7 Å². The molecule has 0 saturated carbocycles. The van der Waals surface area contributed by atoms with E-state index in [4.69, 9.17) is 0 Å². The molecule has 1 saturated heterocycles. The Labute approximate surface area is 121 Å². The molecule has 0 unspecified atom stereocenters. The van der Waals surface area contributed by atoms with Crippen molar-refractivity contribution >= 4 is 5.69 Å². The molecule has 0 bridgehead atoms. The lowest BCUT2D eigenvalue weighted by Gasteiger charge is -2.29. The van der Waals surface area contributed by atoms with Crippen LogP contribution in [0.5, 0.6) is 0 Å². The van der Waals surface area contributed by atoms with Gasteiger partial charge in [0.2, 0.25) is 0 Å². The van der Waals surface area contributed by atoms with Crippen LogP contribution in [0.4, 0.5) is 5.69 Å². The number of benzene rings is 1. The van der Waals surface area contributed by atoms with Crippen molar-refractivity contribution in [2.45, 2.75) is 38.3 Å². The molecule has 1 heterocycles. The molecule has 0 radical (unpaired) electrons. The molecule has 3 N–H and O–H groups in total. The zero-order valence-corrected chi connectivity index (χ0v) is 12.3. The van der Waals surface area contributed by atoms with Gasteiger partial charge in [-0.15, -0.1) is 0 Å². The second kappa shape index (κ2) is 7.07. The van der Waals surface area contributed by atoms with E-state index in [1.54, 1.807) is 0 Å². The maximum Gasteiger partial charge on any atom is 0.0633 e. The SMILES string of the molecule is CC(CO)(CO)NCc1ccc(N2CCCCC2)cc1. The first-order valence-corrected chi connectivity index (χ1v) is 7.47. The van der Waals surface area contributed by atoms with Gasteiger partial charge in [0.15, 0.2) is 0 Å². The minimum atomic E-state index is -0.620. The quantitative estimate of drug-likeness (QED) is 0.738. The molecule has 1 aromatic carbocycles. The molecule has 2 rings (SSSR count). The Kier molecular flexibility index (Phi) is 5.40. The van der Waals surface area contributed by atoms with Gasteiger partial charge in [-0.05, 0) is 43.9 Å². The summed E-state index contributed by atoms with van der Waals surface area (Å²) in [5.41, 5.74) is 1.84. The molecular formula is C16H26N2O2. The Balaban J connectivity index is 1.91. The van der Waals surface area contributed by atoms with Gasteiger partial charge in [0, 0.05) is 25.3 Å². The first kappa shape index (κ1) is 15.3. The van der Waals surface area contributed by atoms with Crippen LogP contribution < -0.4 is 10.2 Å². The van der Waals surface area contributed by atoms with Crippen LogP contribution >= 0.6 is 0 Å². The molecule has 0 aromatic heterocycles. The number of nitrogens with one attached hydrogen (secondary N) is 1. The van der Waals surface area contributed by atoms with Crippen molar-refractivity contribution in [2.24, 2.45) is 0 Å². The van der Waals surface area contributed by atoms with Crippen LogP contribution in [0.2, 0.25) is 0 Å². The maximum atomic E-state index is 9.25. The zero-order chi connectivity index (χ0) is 14.4. The largest absolute Gasteiger partial charge is 0.394 e. The van der Waals surface area contributed by atoms with E-state index in [0.29, 0.717) is 6.54 Å². The van der Waals surface area contributed by atoms with E-state index in [9.17, 15) is 10.2 Å². The second-order valence-corrected chi connectivity index (χ2v) is 5.94. The lowest BCUT2D eigenvalue weighted by Crippen LogP contribution is -2.48. The summed E-state index contributed by atoms with van der Waals surface area (Å²) >= 11 is 0. The number of hydrogen-bond donors (Lipinski definition) is 3. The lowest BCUT2D eigenvalue weighted by molar-refractivity contribution is 0.103. The number of aliphatic hydroxyl groups excluding tert-OH is 2. The summed E-state index contributed by atoms with van der Waals surface area (Å²) in [5, 5.41) is 21.7. The minimum absolute atomic E-state index is 0.0740. The molecule has 1 fully saturated rings. The molecule has 4 nitrogen and oxygen atoms in total. The van der Waals surface area contributed by atoms with Crippen molar-refractivity contribution in [1.82, 2.24) is 5.32 Å². The highest BCUT2D eigenvalue weighted by molar-refractivity contribution is 5.47. The van der Waals surface area contributed by atoms with Gasteiger partial charge in [-0.3, -0.25) is 0 Å². The highest BCUT2D eigenvalue weighted by Crippen LogP contribution is 2.20. The Morgan fingerprint density at radius 2 is 1.65 bits per heavy atom. The van der Waals surface area contributed by atoms with Crippen molar-refractivity contribution < 1.29 is 10.2 Å². The molecule has 20 heavy (non-hydrogen) atoms. The lowest BCUT2D eigenvalue weighted by atomic mass is 10.0. The van der Waals surface area contributed by atoms with Crippen LogP contribution in [0.3, 0.4) is 0 Å². The van der Waals surface area contributed by atoms with Gasteiger partial charge in [-0.25, -0.2) is 0 Å². The molecule has 1 aromatic rings. The topological polar surface area (TPSA) is 55.7 Å². The Morgan fingerprint density at radius 3 is 2.20 bits per heavy atom. The first-order chi connectivity index (χ1) is 9.67. The highest BCUT2D eigenvalue weighted by atomic mass is 16.3. The van der Waals surface area contributed by atoms with E-state index in [1.807, 2.05) is 6.92 Å². The summed E-state index contributed by atoms with van der Waals surface area (Å²) in [6, 6.07) is 8.56. The minimum Gasteiger partial charge on any atom is -0.394 e. The monoisotopic (exact) mass is 278 g/mol. The number of piperidine rings is 1. The second-order valence-electron chi connectivity index (χ2n) is 5.94. The third-order valence-electron chi connectivity index (χ3n) is 4.07. The van der Waals surface area contributed by atoms with Gasteiger partial charge in [-0.1, -0.05) is 12.1 Å². The van der Waals surface area contributed by atoms with E-state index in [1.165, 1.54) is 30.5 Å². The molecule has 0 atom stereocenters. The summed E-state index contributed by atoms with van der Waals surface area (Å²) in [5.74, 6) is 0. The molecule has 4 heteroatoms. The van der Waals surface area contributed by atoms with E-state index in [0.717, 1.165) is 13.1 Å². The smallest absolute Gasteiger partial charge is 0.0633 e. The fraction of sp³-hybridized carbons (Fsp3) is 0.625. The molecule has 0 aliphatic carbocycles. The average Bonchev–Trinajstić information content (AvgIpc) is 2.54. The Bertz CT molecular complexity index is 395. The fourth-order valence-corrected chi connectivity index (χ4v) is 2.45. The third-order valence-corrected chi connectivity index (χ3v) is 4.07. The van der Waals surface area contributed by atoms with Crippen LogP contribution in [0.15, 0.2) is 24.3 Å². The first-order valence-electron chi connectivity index (χ1n) is 7.47. The van der Waals surface area contributed by atoms with Crippen LogP contribution in [-0.4, -0.2) is 42.1 Å². The van der Waals surface area contributed by atoms with Crippen molar-refractivity contribution in [3.8, 4) is 0 Å². The number of aliphatic hydroxyl groups is 2. The Hall–Kier alpha value is -1.10. The van der Waals surface area contributed by atoms with E-state index < -0.39 is 5.54 Å². The van der Waals surface area contributed by atoms with Crippen molar-refractivity contribution in [1.29, 1.82) is 0 Å². The predicted molar refractivity (Wildman–Crippen MR) is 81.9 cm³/mol. The van der Waals surface area contributed by atoms with Gasteiger partial charge in [-0.2, -0.15) is 0 Å². The van der Waals surface area contributed by atoms with Gasteiger partial charge in [0.05, 0.1) is 18.8 Å². The molecule has 0 spiro atoms. The summed E-state index contributed by atoms with van der Waals surface area (Å²) in [7, 11) is 0. The normalized spacial score (nSPS) is 16.4. The maximum absolute atomic E-state index is 9.25. The average molecular weight is 278 g/mol. The van der Waals surface area contributed by atoms with Crippen molar-refractivity contribution in [2.75, 3.05) is 31.2 Å². The highest BCUT2D eigenvalue weighted by Gasteiger charge is 2.21. The molecule has 1 aliphatic rings. The third kappa shape index (κ3) is 3.95. The van der Waals surface area contributed by atoms with Gasteiger partial charge in [0.25, 0.3) is 0 Å². The van der Waals surface area contributed by atoms with E-state index in [-0.39, 0.29) is 13.2 Å². The summed E-state index contributed by atoms with van der Waals surface area (Å²) in [6.45, 7) is 4.63. The van der Waals surface area contributed by atoms with E-state index >= 15 is 0 Å². The van der Waals surface area contributed by atoms with Gasteiger partial charge >= 0.3 is 0 Å². The summed E-state index contributed by atoms with van der Waals surface area (Å²) < 4.78 is 0. The molecule has 112 valence electrons. The number of rotatable bonds is 6. The summed E-state index contributed by atoms with van der Waals surface area (Å²) in [6.07, 6.45) is 3.92. The van der Waals surface area contributed by atoms with Crippen molar-refractivity contribution in [3.05, 3.63) is 29.8 Å². The standard InChI is InChI=1S/C16H26N2O2/c1-16(12-19,13-20)17-11-14-5-7-15(8-6-14)18-9-3-2-4-10-18/h5-8,17,19-20H,2-4,9-13H2,1H3. The zero-order valence-electron chi connectivity index (χ0n) is 12.3. The van der Waals surface area contributed by atoms with Crippen LogP contribution in [0.25, 0.3) is 0 Å². The van der Waals surface area contributed by atoms with Gasteiger partial charge in [0.1, 0.15) is 0 Å². The fourth-order valence-electron chi connectivity index (χ4n) is 2.45.